The summed E-state index contributed by atoms with van der Waals surface area (Å²) in [6.07, 6.45) is 8.79. The van der Waals surface area contributed by atoms with Crippen molar-refractivity contribution in [3.8, 4) is 0 Å². The van der Waals surface area contributed by atoms with Gasteiger partial charge in [-0.15, -0.1) is 0 Å². The maximum Gasteiger partial charge on any atom is 0.231 e. The molecule has 1 aromatic heterocycles. The standard InChI is InChI=1S/C18H28N6O2S/c1-2-11-8-12-4-3-5-13(12)9-14(11)10-15-23-16(17(19)20)18(21)24(15)7-6-22-27(25)26/h9,11,22H,2-8,10,21H2,1H3,(H3,19,20)(H,25,26). The van der Waals surface area contributed by atoms with E-state index in [1.165, 1.54) is 24.0 Å². The molecule has 2 aliphatic rings. The molecule has 0 bridgehead atoms. The third kappa shape index (κ3) is 4.31. The smallest absolute Gasteiger partial charge is 0.231 e. The number of nitrogens with two attached hydrogens (primary N) is 2. The number of rotatable bonds is 8. The first kappa shape index (κ1) is 19.8. The van der Waals surface area contributed by atoms with Gasteiger partial charge in [-0.2, -0.15) is 0 Å². The van der Waals surface area contributed by atoms with Gasteiger partial charge in [0, 0.05) is 19.5 Å². The number of aromatic nitrogens is 2. The van der Waals surface area contributed by atoms with Gasteiger partial charge < -0.3 is 16.0 Å². The Hall–Kier alpha value is -1.97. The Labute approximate surface area is 162 Å². The number of allylic oxidation sites excluding steroid dienone is 4. The van der Waals surface area contributed by atoms with E-state index in [4.69, 9.17) is 21.4 Å². The number of nitrogens with one attached hydrogen (secondary N) is 2. The number of amidine groups is 1. The van der Waals surface area contributed by atoms with Gasteiger partial charge in [-0.1, -0.05) is 24.1 Å². The highest BCUT2D eigenvalue weighted by Gasteiger charge is 2.26. The van der Waals surface area contributed by atoms with Gasteiger partial charge in [0.2, 0.25) is 11.3 Å². The topological polar surface area (TPSA) is 143 Å². The van der Waals surface area contributed by atoms with E-state index in [1.807, 2.05) is 0 Å². The van der Waals surface area contributed by atoms with Gasteiger partial charge in [0.25, 0.3) is 0 Å². The van der Waals surface area contributed by atoms with Crippen molar-refractivity contribution in [3.05, 3.63) is 34.3 Å². The van der Waals surface area contributed by atoms with E-state index >= 15 is 0 Å². The molecule has 3 rings (SSSR count). The second kappa shape index (κ2) is 8.37. The van der Waals surface area contributed by atoms with Crippen LogP contribution >= 0.6 is 0 Å². The fourth-order valence-electron chi connectivity index (χ4n) is 4.13. The second-order valence-electron chi connectivity index (χ2n) is 7.16. The highest BCUT2D eigenvalue weighted by atomic mass is 32.2. The summed E-state index contributed by atoms with van der Waals surface area (Å²) in [5.41, 5.74) is 16.5. The van der Waals surface area contributed by atoms with E-state index in [-0.39, 0.29) is 18.1 Å². The lowest BCUT2D eigenvalue weighted by Crippen LogP contribution is -2.24. The van der Waals surface area contributed by atoms with Crippen molar-refractivity contribution in [1.29, 1.82) is 5.41 Å². The van der Waals surface area contributed by atoms with Gasteiger partial charge in [-0.25, -0.2) is 13.9 Å². The van der Waals surface area contributed by atoms with Crippen LogP contribution < -0.4 is 16.2 Å². The molecule has 7 N–H and O–H groups in total. The zero-order valence-electron chi connectivity index (χ0n) is 15.6. The van der Waals surface area contributed by atoms with Gasteiger partial charge in [0.15, 0.2) is 0 Å². The Morgan fingerprint density at radius 2 is 2.30 bits per heavy atom. The van der Waals surface area contributed by atoms with Gasteiger partial charge in [0.05, 0.1) is 0 Å². The highest BCUT2D eigenvalue weighted by molar-refractivity contribution is 7.77. The summed E-state index contributed by atoms with van der Waals surface area (Å²) >= 11 is -2.08. The number of anilines is 1. The van der Waals surface area contributed by atoms with E-state index < -0.39 is 11.3 Å². The quantitative estimate of drug-likeness (QED) is 0.261. The predicted octanol–water partition coefficient (Wildman–Crippen LogP) is 1.85. The monoisotopic (exact) mass is 392 g/mol. The Morgan fingerprint density at radius 3 is 2.96 bits per heavy atom. The molecule has 1 aromatic rings. The molecule has 0 radical (unpaired) electrons. The molecular formula is C18H28N6O2S. The van der Waals surface area contributed by atoms with E-state index in [9.17, 15) is 4.21 Å². The van der Waals surface area contributed by atoms with E-state index in [2.05, 4.69) is 22.7 Å². The van der Waals surface area contributed by atoms with Crippen LogP contribution in [0.2, 0.25) is 0 Å². The van der Waals surface area contributed by atoms with Crippen LogP contribution in [-0.4, -0.2) is 30.7 Å². The first-order valence-electron chi connectivity index (χ1n) is 9.35. The zero-order chi connectivity index (χ0) is 19.6. The second-order valence-corrected chi connectivity index (χ2v) is 7.95. The molecule has 2 aliphatic carbocycles. The Morgan fingerprint density at radius 1 is 1.52 bits per heavy atom. The normalized spacial score (nSPS) is 20.5. The summed E-state index contributed by atoms with van der Waals surface area (Å²) < 4.78 is 24.0. The van der Waals surface area contributed by atoms with Gasteiger partial charge in [-0.3, -0.25) is 9.96 Å². The summed E-state index contributed by atoms with van der Waals surface area (Å²) in [5, 5.41) is 7.72. The van der Waals surface area contributed by atoms with Crippen molar-refractivity contribution >= 4 is 22.9 Å². The first-order valence-corrected chi connectivity index (χ1v) is 10.5. The van der Waals surface area contributed by atoms with Crippen LogP contribution in [0, 0.1) is 11.3 Å². The molecule has 2 unspecified atom stereocenters. The molecule has 0 saturated carbocycles. The Bertz CT molecular complexity index is 826. The summed E-state index contributed by atoms with van der Waals surface area (Å²) in [6, 6.07) is 0. The van der Waals surface area contributed by atoms with Crippen molar-refractivity contribution in [2.75, 3.05) is 12.3 Å². The fraction of sp³-hybridized carbons (Fsp3) is 0.556. The van der Waals surface area contributed by atoms with Crippen LogP contribution in [0.4, 0.5) is 5.82 Å². The lowest BCUT2D eigenvalue weighted by Gasteiger charge is -2.25. The third-order valence-electron chi connectivity index (χ3n) is 5.51. The molecule has 1 heterocycles. The maximum atomic E-state index is 10.9. The van der Waals surface area contributed by atoms with Crippen molar-refractivity contribution in [2.24, 2.45) is 11.7 Å². The molecule has 0 saturated heterocycles. The lowest BCUT2D eigenvalue weighted by atomic mass is 9.81. The molecule has 8 nitrogen and oxygen atoms in total. The predicted molar refractivity (Wildman–Crippen MR) is 107 cm³/mol. The summed E-state index contributed by atoms with van der Waals surface area (Å²) in [6.45, 7) is 2.85. The highest BCUT2D eigenvalue weighted by Crippen LogP contribution is 2.40. The van der Waals surface area contributed by atoms with Crippen LogP contribution in [0.1, 0.15) is 50.5 Å². The van der Waals surface area contributed by atoms with Crippen molar-refractivity contribution in [2.45, 2.75) is 52.0 Å². The molecule has 0 aliphatic heterocycles. The Balaban J connectivity index is 1.89. The zero-order valence-corrected chi connectivity index (χ0v) is 16.4. The number of nitrogen functional groups attached to an aromatic ring is 2. The number of nitrogens with zero attached hydrogens (tertiary/aromatic N) is 2. The maximum absolute atomic E-state index is 10.9. The molecular weight excluding hydrogens is 364 g/mol. The molecule has 2 atom stereocenters. The van der Waals surface area contributed by atoms with Crippen molar-refractivity contribution < 1.29 is 8.76 Å². The summed E-state index contributed by atoms with van der Waals surface area (Å²) in [5.74, 6) is 1.40. The number of hydrogen-bond donors (Lipinski definition) is 5. The Kier molecular flexibility index (Phi) is 6.13. The van der Waals surface area contributed by atoms with Crippen molar-refractivity contribution in [3.63, 3.8) is 0 Å². The van der Waals surface area contributed by atoms with Crippen LogP contribution in [-0.2, 0) is 24.2 Å². The van der Waals surface area contributed by atoms with E-state index in [0.717, 1.165) is 25.1 Å². The molecule has 27 heavy (non-hydrogen) atoms. The van der Waals surface area contributed by atoms with Gasteiger partial charge in [-0.05, 0) is 43.6 Å². The summed E-state index contributed by atoms with van der Waals surface area (Å²) in [7, 11) is 0. The first-order chi connectivity index (χ1) is 12.9. The fourth-order valence-corrected chi connectivity index (χ4v) is 4.40. The van der Waals surface area contributed by atoms with Gasteiger partial charge >= 0.3 is 0 Å². The van der Waals surface area contributed by atoms with Gasteiger partial charge in [0.1, 0.15) is 23.2 Å². The van der Waals surface area contributed by atoms with E-state index in [1.54, 1.807) is 10.1 Å². The van der Waals surface area contributed by atoms with Crippen LogP contribution in [0.25, 0.3) is 0 Å². The van der Waals surface area contributed by atoms with Crippen molar-refractivity contribution in [1.82, 2.24) is 14.3 Å². The molecule has 0 amide bonds. The largest absolute Gasteiger partial charge is 0.383 e. The minimum atomic E-state index is -2.08. The van der Waals surface area contributed by atoms with Crippen LogP contribution in [0.3, 0.4) is 0 Å². The van der Waals surface area contributed by atoms with E-state index in [0.29, 0.717) is 24.7 Å². The SMILES string of the molecule is CCC1CC2=C(C=C1Cc1nc(C(=N)N)c(N)n1CCNS(=O)O)CCC2. The number of imidazole rings is 1. The lowest BCUT2D eigenvalue weighted by molar-refractivity contribution is 0.535. The minimum absolute atomic E-state index is 0.170. The molecule has 9 heteroatoms. The average Bonchev–Trinajstić information content (AvgIpc) is 3.19. The molecule has 0 fully saturated rings. The molecule has 148 valence electrons. The summed E-state index contributed by atoms with van der Waals surface area (Å²) in [4.78, 5) is 4.52. The molecule has 0 spiro atoms. The number of hydrogen-bond acceptors (Lipinski definition) is 4. The minimum Gasteiger partial charge on any atom is -0.383 e. The average molecular weight is 393 g/mol. The van der Waals surface area contributed by atoms with Crippen LogP contribution in [0.15, 0.2) is 22.8 Å². The van der Waals surface area contributed by atoms with Crippen LogP contribution in [0.5, 0.6) is 0 Å². The molecule has 0 aromatic carbocycles. The third-order valence-corrected chi connectivity index (χ3v) is 5.96.